The third-order valence-corrected chi connectivity index (χ3v) is 1.95. The van der Waals surface area contributed by atoms with Gasteiger partial charge in [-0.2, -0.15) is 39.2 Å². The van der Waals surface area contributed by atoms with Gasteiger partial charge in [0.1, 0.15) is 0 Å². The normalized spacial score (nSPS) is 14.7. The molecular weight excluding hydrogens is 364 g/mol. The van der Waals surface area contributed by atoms with Crippen molar-refractivity contribution in [3.05, 3.63) is 0 Å². The van der Waals surface area contributed by atoms with Crippen LogP contribution in [-0.4, -0.2) is 56.2 Å². The van der Waals surface area contributed by atoms with Crippen LogP contribution in [0.4, 0.5) is 30.7 Å². The summed E-state index contributed by atoms with van der Waals surface area (Å²) in [6, 6.07) is 0. The van der Waals surface area contributed by atoms with Gasteiger partial charge in [-0.1, -0.05) is 0 Å². The summed E-state index contributed by atoms with van der Waals surface area (Å²) in [6.45, 7) is 0. The fourth-order valence-corrected chi connectivity index (χ4v) is 0.767. The summed E-state index contributed by atoms with van der Waals surface area (Å²) in [5.41, 5.74) is 0. The van der Waals surface area contributed by atoms with Gasteiger partial charge in [-0.3, -0.25) is 4.55 Å². The minimum absolute atomic E-state index is 0. The van der Waals surface area contributed by atoms with Gasteiger partial charge >= 0.3 is 53.3 Å². The van der Waals surface area contributed by atoms with E-state index in [1.54, 1.807) is 0 Å². The van der Waals surface area contributed by atoms with Gasteiger partial charge in [-0.15, -0.1) is 0 Å². The first kappa shape index (κ1) is 17.7. The Labute approximate surface area is 97.2 Å². The summed E-state index contributed by atoms with van der Waals surface area (Å²) in [6.07, 6.45) is -6.79. The maximum absolute atomic E-state index is 11.9. The summed E-state index contributed by atoms with van der Waals surface area (Å²) in [7, 11) is -6.85. The van der Waals surface area contributed by atoms with E-state index in [0.717, 1.165) is 0 Å². The second kappa shape index (κ2) is 4.28. The van der Waals surface area contributed by atoms with Crippen molar-refractivity contribution in [2.24, 2.45) is 0 Å². The topological polar surface area (TPSA) is 54.4 Å². The molecule has 0 saturated heterocycles. The zero-order valence-electron chi connectivity index (χ0n) is 5.82. The fraction of sp³-hybridized carbons (Fsp3) is 1.00. The van der Waals surface area contributed by atoms with Crippen LogP contribution in [0.15, 0.2) is 0 Å². The van der Waals surface area contributed by atoms with Crippen molar-refractivity contribution in [3.63, 3.8) is 0 Å². The van der Waals surface area contributed by atoms with Gasteiger partial charge in [0.25, 0.3) is 0 Å². The zero-order valence-corrected chi connectivity index (χ0v) is 6.63. The van der Waals surface area contributed by atoms with Crippen molar-refractivity contribution in [3.8, 4) is 0 Å². The first-order valence-corrected chi connectivity index (χ1v) is 3.98. The van der Waals surface area contributed by atoms with Gasteiger partial charge in [0, 0.05) is 0 Å². The Hall–Kier alpha value is 0.290. The molecule has 0 spiro atoms. The van der Waals surface area contributed by atoms with Crippen LogP contribution in [0.2, 0.25) is 0 Å². The Bertz CT molecular complexity index is 319. The van der Waals surface area contributed by atoms with Crippen LogP contribution in [0.25, 0.3) is 0 Å². The molecule has 0 aromatic rings. The van der Waals surface area contributed by atoms with Gasteiger partial charge in [0.05, 0.1) is 0 Å². The first-order valence-electron chi connectivity index (χ1n) is 2.54. The molecule has 0 rings (SSSR count). The van der Waals surface area contributed by atoms with Crippen LogP contribution in [0.3, 0.4) is 0 Å². The number of rotatable bonds is 2. The Kier molecular flexibility index (Phi) is 5.04. The summed E-state index contributed by atoms with van der Waals surface area (Å²) in [4.78, 5) is 0. The first-order chi connectivity index (χ1) is 5.75. The molecule has 0 aromatic heterocycles. The van der Waals surface area contributed by atoms with E-state index >= 15 is 0 Å². The van der Waals surface area contributed by atoms with E-state index in [0.29, 0.717) is 0 Å². The molecule has 0 radical (unpaired) electrons. The van der Waals surface area contributed by atoms with Crippen LogP contribution in [0, 0.1) is 0 Å². The van der Waals surface area contributed by atoms with E-state index in [2.05, 4.69) is 0 Å². The Morgan fingerprint density at radius 2 is 1.13 bits per heavy atom. The van der Waals surface area contributed by atoms with Crippen molar-refractivity contribution >= 4 is 36.0 Å². The van der Waals surface area contributed by atoms with Crippen LogP contribution in [0.1, 0.15) is 0 Å². The van der Waals surface area contributed by atoms with Gasteiger partial charge < -0.3 is 0 Å². The Balaban J connectivity index is 0. The molecule has 0 amide bonds. The average Bonchev–Trinajstić information content (AvgIpc) is 1.81. The summed E-state index contributed by atoms with van der Waals surface area (Å²) < 4.78 is 108. The quantitative estimate of drug-likeness (QED) is 0.570. The third kappa shape index (κ3) is 2.90. The molecule has 0 aliphatic heterocycles. The van der Waals surface area contributed by atoms with E-state index in [9.17, 15) is 39.2 Å². The number of halogens is 7. The summed E-state index contributed by atoms with van der Waals surface area (Å²) in [5.74, 6) is -6.85. The standard InChI is InChI=1S/C3HF7O3S.In.3H/c4-1(5,2(6,7)8)3(9,10)14(11,12)13;;;;/h(H,11,12,13);;;;. The van der Waals surface area contributed by atoms with Crippen molar-refractivity contribution in [1.82, 2.24) is 0 Å². The van der Waals surface area contributed by atoms with Crippen molar-refractivity contribution in [2.45, 2.75) is 17.4 Å². The maximum atomic E-state index is 11.9. The predicted molar refractivity (Wildman–Crippen MR) is 37.4 cm³/mol. The van der Waals surface area contributed by atoms with Gasteiger partial charge in [0.2, 0.25) is 0 Å². The molecule has 0 aliphatic rings. The van der Waals surface area contributed by atoms with Gasteiger partial charge in [0.15, 0.2) is 0 Å². The number of alkyl halides is 7. The fourth-order valence-electron chi connectivity index (χ4n) is 0.327. The predicted octanol–water partition coefficient (Wildman–Crippen LogP) is 0.481. The van der Waals surface area contributed by atoms with Crippen LogP contribution in [-0.2, 0) is 10.1 Å². The van der Waals surface area contributed by atoms with Crippen LogP contribution >= 0.6 is 0 Å². The molecule has 1 N–H and O–H groups in total. The van der Waals surface area contributed by atoms with E-state index in [-0.39, 0.29) is 25.8 Å². The summed E-state index contributed by atoms with van der Waals surface area (Å²) >= 11 is 0. The van der Waals surface area contributed by atoms with Crippen molar-refractivity contribution < 1.29 is 43.7 Å². The van der Waals surface area contributed by atoms with E-state index < -0.39 is 27.5 Å². The Morgan fingerprint density at radius 3 is 1.20 bits per heavy atom. The average molecular weight is 368 g/mol. The Morgan fingerprint density at radius 1 is 0.867 bits per heavy atom. The van der Waals surface area contributed by atoms with Gasteiger partial charge in [-0.05, 0) is 0 Å². The molecule has 3 nitrogen and oxygen atoms in total. The van der Waals surface area contributed by atoms with Crippen molar-refractivity contribution in [1.29, 1.82) is 0 Å². The minimum atomic E-state index is -6.85. The van der Waals surface area contributed by atoms with Gasteiger partial charge in [-0.25, -0.2) is 0 Å². The molecule has 0 unspecified atom stereocenters. The van der Waals surface area contributed by atoms with Crippen LogP contribution < -0.4 is 0 Å². The monoisotopic (exact) mass is 368 g/mol. The number of hydrogen-bond acceptors (Lipinski definition) is 2. The molecule has 0 saturated carbocycles. The second-order valence-corrected chi connectivity index (χ2v) is 3.53. The molecule has 12 heteroatoms. The van der Waals surface area contributed by atoms with E-state index in [1.807, 2.05) is 0 Å². The molecule has 0 bridgehead atoms. The zero-order chi connectivity index (χ0) is 12.0. The molecular formula is C3H4F7InO3S. The summed E-state index contributed by atoms with van der Waals surface area (Å²) in [5, 5.41) is -6.61. The molecule has 0 aromatic carbocycles. The number of hydrogen-bond donors (Lipinski definition) is 1. The molecule has 92 valence electrons. The third-order valence-electron chi connectivity index (χ3n) is 1.05. The molecule has 0 fully saturated rings. The van der Waals surface area contributed by atoms with Crippen molar-refractivity contribution in [2.75, 3.05) is 0 Å². The van der Waals surface area contributed by atoms with Crippen LogP contribution in [0.5, 0.6) is 0 Å². The van der Waals surface area contributed by atoms with E-state index in [1.165, 1.54) is 0 Å². The molecule has 15 heavy (non-hydrogen) atoms. The van der Waals surface area contributed by atoms with E-state index in [4.69, 9.17) is 4.55 Å². The molecule has 0 aliphatic carbocycles. The second-order valence-electron chi connectivity index (χ2n) is 2.06. The molecule has 0 heterocycles. The molecule has 0 atom stereocenters. The SMILES string of the molecule is O=S(=O)(O)C(F)(F)C(F)(F)C(F)(F)F.[InH3].